The molecule has 20 heavy (non-hydrogen) atoms. The fourth-order valence-corrected chi connectivity index (χ4v) is 2.96. The third-order valence-corrected chi connectivity index (χ3v) is 3.98. The number of benzene rings is 1. The van der Waals surface area contributed by atoms with Gasteiger partial charge < -0.3 is 15.2 Å². The molecule has 1 fully saturated rings. The molecule has 1 aliphatic carbocycles. The number of carbonyl (C=O) groups excluding carboxylic acids is 1. The van der Waals surface area contributed by atoms with Crippen LogP contribution in [-0.4, -0.2) is 23.7 Å². The van der Waals surface area contributed by atoms with E-state index in [1.165, 1.54) is 0 Å². The Morgan fingerprint density at radius 1 is 1.45 bits per heavy atom. The molecule has 0 heterocycles. The van der Waals surface area contributed by atoms with Crippen LogP contribution >= 0.6 is 0 Å². The van der Waals surface area contributed by atoms with Crippen molar-refractivity contribution in [2.24, 2.45) is 11.8 Å². The minimum Gasteiger partial charge on any atom is -0.508 e. The van der Waals surface area contributed by atoms with Gasteiger partial charge in [-0.3, -0.25) is 4.79 Å². The minimum absolute atomic E-state index is 0.0252. The molecule has 4 nitrogen and oxygen atoms in total. The van der Waals surface area contributed by atoms with E-state index in [1.54, 1.807) is 12.1 Å². The van der Waals surface area contributed by atoms with Crippen LogP contribution in [0.3, 0.4) is 0 Å². The predicted molar refractivity (Wildman–Crippen MR) is 78.7 cm³/mol. The molecule has 0 radical (unpaired) electrons. The lowest BCUT2D eigenvalue weighted by Gasteiger charge is -2.33. The molecule has 0 saturated heterocycles. The van der Waals surface area contributed by atoms with Crippen molar-refractivity contribution in [1.82, 2.24) is 0 Å². The molecule has 0 spiro atoms. The Labute approximate surface area is 120 Å². The van der Waals surface area contributed by atoms with Crippen molar-refractivity contribution < 1.29 is 14.6 Å². The van der Waals surface area contributed by atoms with Crippen LogP contribution < -0.4 is 5.32 Å². The lowest BCUT2D eigenvalue weighted by Crippen LogP contribution is -2.35. The molecule has 1 saturated carbocycles. The van der Waals surface area contributed by atoms with Gasteiger partial charge >= 0.3 is 5.97 Å². The van der Waals surface area contributed by atoms with Crippen molar-refractivity contribution in [3.8, 4) is 5.75 Å². The van der Waals surface area contributed by atoms with Gasteiger partial charge in [-0.15, -0.1) is 0 Å². The van der Waals surface area contributed by atoms with Crippen molar-refractivity contribution in [1.29, 1.82) is 0 Å². The summed E-state index contributed by atoms with van der Waals surface area (Å²) in [5.74, 6) is 0.550. The van der Waals surface area contributed by atoms with Crippen LogP contribution in [0.5, 0.6) is 5.75 Å². The topological polar surface area (TPSA) is 58.6 Å². The fourth-order valence-electron chi connectivity index (χ4n) is 2.96. The Kier molecular flexibility index (Phi) is 4.88. The second-order valence-corrected chi connectivity index (χ2v) is 5.54. The molecular weight excluding hydrogens is 254 g/mol. The Hall–Kier alpha value is -1.71. The highest BCUT2D eigenvalue weighted by Gasteiger charge is 2.33. The number of hydrogen-bond donors (Lipinski definition) is 2. The second kappa shape index (κ2) is 6.64. The molecule has 1 aliphatic rings. The summed E-state index contributed by atoms with van der Waals surface area (Å²) in [5.41, 5.74) is 0.928. The van der Waals surface area contributed by atoms with Gasteiger partial charge in [0.25, 0.3) is 0 Å². The average Bonchev–Trinajstić information content (AvgIpc) is 2.39. The van der Waals surface area contributed by atoms with Gasteiger partial charge in [-0.1, -0.05) is 13.0 Å². The van der Waals surface area contributed by atoms with Crippen LogP contribution in [0.25, 0.3) is 0 Å². The molecule has 3 atom stereocenters. The molecule has 2 rings (SSSR count). The molecule has 2 N–H and O–H groups in total. The molecule has 0 unspecified atom stereocenters. The summed E-state index contributed by atoms with van der Waals surface area (Å²) in [6.07, 6.45) is 2.75. The van der Waals surface area contributed by atoms with Gasteiger partial charge in [-0.2, -0.15) is 0 Å². The number of aromatic hydroxyl groups is 1. The highest BCUT2D eigenvalue weighted by molar-refractivity contribution is 5.73. The third kappa shape index (κ3) is 3.65. The number of phenolic OH excluding ortho intramolecular Hbond substituents is 1. The number of nitrogens with one attached hydrogen (secondary N) is 1. The van der Waals surface area contributed by atoms with Crippen molar-refractivity contribution in [3.63, 3.8) is 0 Å². The van der Waals surface area contributed by atoms with E-state index < -0.39 is 0 Å². The van der Waals surface area contributed by atoms with Gasteiger partial charge in [0.05, 0.1) is 12.5 Å². The zero-order valence-electron chi connectivity index (χ0n) is 12.1. The van der Waals surface area contributed by atoms with Crippen LogP contribution in [0, 0.1) is 11.8 Å². The summed E-state index contributed by atoms with van der Waals surface area (Å²) in [5, 5.41) is 12.9. The number of anilines is 1. The molecule has 0 aliphatic heterocycles. The monoisotopic (exact) mass is 277 g/mol. The van der Waals surface area contributed by atoms with E-state index in [4.69, 9.17) is 4.74 Å². The first-order valence-electron chi connectivity index (χ1n) is 7.32. The highest BCUT2D eigenvalue weighted by Crippen LogP contribution is 2.32. The molecule has 1 aromatic carbocycles. The van der Waals surface area contributed by atoms with Crippen molar-refractivity contribution >= 4 is 11.7 Å². The number of ether oxygens (including phenoxy) is 1. The molecule has 0 amide bonds. The maximum Gasteiger partial charge on any atom is 0.309 e. The van der Waals surface area contributed by atoms with E-state index in [1.807, 2.05) is 19.1 Å². The number of phenols is 1. The van der Waals surface area contributed by atoms with Crippen LogP contribution in [0.15, 0.2) is 24.3 Å². The summed E-state index contributed by atoms with van der Waals surface area (Å²) >= 11 is 0. The fraction of sp³-hybridized carbons (Fsp3) is 0.562. The Morgan fingerprint density at radius 3 is 2.90 bits per heavy atom. The van der Waals surface area contributed by atoms with Crippen LogP contribution in [0.2, 0.25) is 0 Å². The zero-order valence-corrected chi connectivity index (χ0v) is 12.1. The van der Waals surface area contributed by atoms with Gasteiger partial charge in [-0.05, 0) is 44.2 Å². The first-order valence-corrected chi connectivity index (χ1v) is 7.32. The number of carbonyl (C=O) groups is 1. The Balaban J connectivity index is 1.90. The average molecular weight is 277 g/mol. The van der Waals surface area contributed by atoms with Crippen molar-refractivity contribution in [3.05, 3.63) is 24.3 Å². The molecule has 0 aromatic heterocycles. The normalized spacial score (nSPS) is 26.0. The smallest absolute Gasteiger partial charge is 0.309 e. The Bertz CT molecular complexity index is 461. The number of esters is 1. The van der Waals surface area contributed by atoms with Gasteiger partial charge in [0.1, 0.15) is 5.75 Å². The summed E-state index contributed by atoms with van der Waals surface area (Å²) in [7, 11) is 0. The maximum absolute atomic E-state index is 11.8. The number of hydrogen-bond acceptors (Lipinski definition) is 4. The highest BCUT2D eigenvalue weighted by atomic mass is 16.5. The van der Waals surface area contributed by atoms with Crippen LogP contribution in [0.4, 0.5) is 5.69 Å². The van der Waals surface area contributed by atoms with E-state index in [0.29, 0.717) is 18.6 Å². The summed E-state index contributed by atoms with van der Waals surface area (Å²) in [6, 6.07) is 7.50. The first kappa shape index (κ1) is 14.7. The van der Waals surface area contributed by atoms with Crippen molar-refractivity contribution in [2.45, 2.75) is 39.2 Å². The SMILES string of the molecule is CCOC(=O)[C@@H]1CC[C@H](Nc2cccc(O)c2)C[C@H]1C. The van der Waals surface area contributed by atoms with E-state index in [2.05, 4.69) is 12.2 Å². The number of rotatable bonds is 4. The second-order valence-electron chi connectivity index (χ2n) is 5.54. The predicted octanol–water partition coefficient (Wildman–Crippen LogP) is 3.17. The summed E-state index contributed by atoms with van der Waals surface area (Å²) < 4.78 is 5.13. The third-order valence-electron chi connectivity index (χ3n) is 3.98. The van der Waals surface area contributed by atoms with Crippen LogP contribution in [0.1, 0.15) is 33.1 Å². The molecule has 4 heteroatoms. The van der Waals surface area contributed by atoms with E-state index in [9.17, 15) is 9.90 Å². The van der Waals surface area contributed by atoms with Crippen molar-refractivity contribution in [2.75, 3.05) is 11.9 Å². The van der Waals surface area contributed by atoms with Gasteiger partial charge in [0, 0.05) is 17.8 Å². The largest absolute Gasteiger partial charge is 0.508 e. The van der Waals surface area contributed by atoms with Gasteiger partial charge in [-0.25, -0.2) is 0 Å². The first-order chi connectivity index (χ1) is 9.60. The van der Waals surface area contributed by atoms with E-state index >= 15 is 0 Å². The van der Waals surface area contributed by atoms with Gasteiger partial charge in [0.2, 0.25) is 0 Å². The lowest BCUT2D eigenvalue weighted by molar-refractivity contribution is -0.151. The van der Waals surface area contributed by atoms with E-state index in [0.717, 1.165) is 24.9 Å². The minimum atomic E-state index is -0.0594. The molecule has 1 aromatic rings. The Morgan fingerprint density at radius 2 is 2.25 bits per heavy atom. The van der Waals surface area contributed by atoms with Gasteiger partial charge in [0.15, 0.2) is 0 Å². The van der Waals surface area contributed by atoms with Crippen LogP contribution in [-0.2, 0) is 9.53 Å². The quantitative estimate of drug-likeness (QED) is 0.830. The standard InChI is InChI=1S/C16H23NO3/c1-3-20-16(19)15-8-7-13(9-11(15)2)17-12-5-4-6-14(18)10-12/h4-6,10-11,13,15,17-18H,3,7-9H2,1-2H3/t11-,13+,15-/m1/s1. The summed E-state index contributed by atoms with van der Waals surface area (Å²) in [4.78, 5) is 11.8. The zero-order chi connectivity index (χ0) is 14.5. The molecule has 0 bridgehead atoms. The summed E-state index contributed by atoms with van der Waals surface area (Å²) in [6.45, 7) is 4.41. The molecule has 110 valence electrons. The maximum atomic E-state index is 11.8. The molecular formula is C16H23NO3. The van der Waals surface area contributed by atoms with E-state index in [-0.39, 0.29) is 17.6 Å². The lowest BCUT2D eigenvalue weighted by atomic mass is 9.78.